The van der Waals surface area contributed by atoms with Crippen molar-refractivity contribution in [2.45, 2.75) is 38.8 Å². The molecule has 1 fully saturated rings. The number of hydrogen-bond donors (Lipinski definition) is 1. The topological polar surface area (TPSA) is 61.0 Å². The first-order valence-electron chi connectivity index (χ1n) is 5.42. The Morgan fingerprint density at radius 3 is 3.00 bits per heavy atom. The van der Waals surface area contributed by atoms with Gasteiger partial charge in [-0.1, -0.05) is 25.2 Å². The first-order chi connectivity index (χ1) is 7.22. The Bertz CT molecular complexity index is 328. The van der Waals surface area contributed by atoms with E-state index in [0.717, 1.165) is 29.5 Å². The largest absolute Gasteiger partial charge is 0.371 e. The molecule has 0 saturated carbocycles. The fraction of sp³-hybridized carbons (Fsp3) is 0.800. The summed E-state index contributed by atoms with van der Waals surface area (Å²) in [6.45, 7) is 5.08. The van der Waals surface area contributed by atoms with Gasteiger partial charge in [-0.25, -0.2) is 0 Å². The van der Waals surface area contributed by atoms with Gasteiger partial charge < -0.3 is 10.5 Å². The molecule has 1 saturated heterocycles. The van der Waals surface area contributed by atoms with Crippen molar-refractivity contribution in [2.75, 3.05) is 6.61 Å². The third-order valence-corrected chi connectivity index (χ3v) is 3.96. The number of hydrogen-bond acceptors (Lipinski definition) is 5. The molecule has 84 valence electrons. The van der Waals surface area contributed by atoms with Crippen LogP contribution in [0, 0.1) is 5.92 Å². The molecule has 5 heteroatoms. The molecule has 0 radical (unpaired) electrons. The maximum Gasteiger partial charge on any atom is 0.146 e. The predicted molar refractivity (Wildman–Crippen MR) is 59.6 cm³/mol. The number of rotatable bonds is 3. The second-order valence-corrected chi connectivity index (χ2v) is 5.09. The van der Waals surface area contributed by atoms with Gasteiger partial charge in [-0.2, -0.15) is 0 Å². The standard InChI is InChI=1S/C10H17N3OS/c1-3-7(11)9-12-13-10(15-9)8-6(2)4-5-14-8/h6-8H,3-5,11H2,1-2H3. The van der Waals surface area contributed by atoms with Crippen LogP contribution in [0.15, 0.2) is 0 Å². The van der Waals surface area contributed by atoms with Crippen LogP contribution in [0.1, 0.15) is 48.9 Å². The van der Waals surface area contributed by atoms with E-state index in [1.165, 1.54) is 0 Å². The van der Waals surface area contributed by atoms with Gasteiger partial charge in [0.2, 0.25) is 0 Å². The summed E-state index contributed by atoms with van der Waals surface area (Å²) in [5, 5.41) is 10.2. The van der Waals surface area contributed by atoms with Crippen molar-refractivity contribution in [2.24, 2.45) is 11.7 Å². The molecule has 2 heterocycles. The average molecular weight is 227 g/mol. The number of nitrogens with zero attached hydrogens (tertiary/aromatic N) is 2. The third-order valence-electron chi connectivity index (χ3n) is 2.84. The molecule has 0 amide bonds. The first-order valence-corrected chi connectivity index (χ1v) is 6.24. The Hall–Kier alpha value is -0.520. The summed E-state index contributed by atoms with van der Waals surface area (Å²) >= 11 is 1.59. The number of ether oxygens (including phenoxy) is 1. The van der Waals surface area contributed by atoms with E-state index < -0.39 is 0 Å². The quantitative estimate of drug-likeness (QED) is 0.858. The van der Waals surface area contributed by atoms with Crippen molar-refractivity contribution < 1.29 is 4.74 Å². The minimum atomic E-state index is 0.0213. The Morgan fingerprint density at radius 2 is 2.40 bits per heavy atom. The lowest BCUT2D eigenvalue weighted by Gasteiger charge is -2.09. The lowest BCUT2D eigenvalue weighted by Crippen LogP contribution is -2.07. The Kier molecular flexibility index (Phi) is 3.33. The SMILES string of the molecule is CCC(N)c1nnc(C2OCCC2C)s1. The maximum absolute atomic E-state index is 5.91. The van der Waals surface area contributed by atoms with Crippen LogP contribution in [0.4, 0.5) is 0 Å². The van der Waals surface area contributed by atoms with Crippen LogP contribution in [0.3, 0.4) is 0 Å². The Morgan fingerprint density at radius 1 is 1.60 bits per heavy atom. The predicted octanol–water partition coefficient (Wildman–Crippen LogP) is 2.05. The molecule has 2 rings (SSSR count). The molecule has 0 bridgehead atoms. The molecule has 0 aliphatic carbocycles. The van der Waals surface area contributed by atoms with E-state index in [4.69, 9.17) is 10.5 Å². The van der Waals surface area contributed by atoms with Crippen molar-refractivity contribution in [3.8, 4) is 0 Å². The van der Waals surface area contributed by atoms with Gasteiger partial charge >= 0.3 is 0 Å². The molecule has 1 aliphatic heterocycles. The van der Waals surface area contributed by atoms with Crippen LogP contribution in [0.25, 0.3) is 0 Å². The molecular weight excluding hydrogens is 210 g/mol. The normalized spacial score (nSPS) is 28.2. The summed E-state index contributed by atoms with van der Waals surface area (Å²) in [6, 6.07) is 0.0213. The summed E-state index contributed by atoms with van der Waals surface area (Å²) in [6.07, 6.45) is 2.15. The van der Waals surface area contributed by atoms with Gasteiger partial charge in [0.25, 0.3) is 0 Å². The Balaban J connectivity index is 2.12. The number of nitrogens with two attached hydrogens (primary N) is 1. The zero-order valence-corrected chi connectivity index (χ0v) is 9.96. The molecule has 1 aromatic heterocycles. The van der Waals surface area contributed by atoms with Gasteiger partial charge in [0.1, 0.15) is 16.1 Å². The third kappa shape index (κ3) is 2.19. The van der Waals surface area contributed by atoms with Crippen LogP contribution in [0.2, 0.25) is 0 Å². The van der Waals surface area contributed by atoms with E-state index in [-0.39, 0.29) is 12.1 Å². The van der Waals surface area contributed by atoms with Gasteiger partial charge in [-0.3, -0.25) is 0 Å². The minimum Gasteiger partial charge on any atom is -0.371 e. The summed E-state index contributed by atoms with van der Waals surface area (Å²) in [5.74, 6) is 0.545. The van der Waals surface area contributed by atoms with Crippen molar-refractivity contribution in [1.29, 1.82) is 0 Å². The van der Waals surface area contributed by atoms with Gasteiger partial charge in [0, 0.05) is 6.61 Å². The molecule has 1 aromatic rings. The Labute approximate surface area is 93.8 Å². The summed E-state index contributed by atoms with van der Waals surface area (Å²) in [7, 11) is 0. The zero-order chi connectivity index (χ0) is 10.8. The highest BCUT2D eigenvalue weighted by Gasteiger charge is 2.29. The highest BCUT2D eigenvalue weighted by Crippen LogP contribution is 2.36. The van der Waals surface area contributed by atoms with Crippen LogP contribution in [0.5, 0.6) is 0 Å². The molecule has 3 atom stereocenters. The van der Waals surface area contributed by atoms with Gasteiger partial charge in [-0.05, 0) is 18.8 Å². The summed E-state index contributed by atoms with van der Waals surface area (Å²) in [5.41, 5.74) is 5.91. The first kappa shape index (κ1) is 11.0. The fourth-order valence-electron chi connectivity index (χ4n) is 1.70. The van der Waals surface area contributed by atoms with E-state index in [1.54, 1.807) is 11.3 Å². The van der Waals surface area contributed by atoms with Gasteiger partial charge in [0.15, 0.2) is 0 Å². The lowest BCUT2D eigenvalue weighted by atomic mass is 10.1. The van der Waals surface area contributed by atoms with E-state index in [1.807, 2.05) is 0 Å². The summed E-state index contributed by atoms with van der Waals surface area (Å²) in [4.78, 5) is 0. The van der Waals surface area contributed by atoms with E-state index in [2.05, 4.69) is 24.0 Å². The molecule has 1 aliphatic rings. The lowest BCUT2D eigenvalue weighted by molar-refractivity contribution is 0.0937. The van der Waals surface area contributed by atoms with Crippen molar-refractivity contribution in [1.82, 2.24) is 10.2 Å². The number of aromatic nitrogens is 2. The van der Waals surface area contributed by atoms with Crippen LogP contribution < -0.4 is 5.73 Å². The van der Waals surface area contributed by atoms with Crippen LogP contribution >= 0.6 is 11.3 Å². The average Bonchev–Trinajstić information content (AvgIpc) is 2.84. The zero-order valence-electron chi connectivity index (χ0n) is 9.14. The van der Waals surface area contributed by atoms with Crippen molar-refractivity contribution >= 4 is 11.3 Å². The smallest absolute Gasteiger partial charge is 0.146 e. The monoisotopic (exact) mass is 227 g/mol. The molecule has 2 N–H and O–H groups in total. The molecule has 3 unspecified atom stereocenters. The van der Waals surface area contributed by atoms with Crippen molar-refractivity contribution in [3.63, 3.8) is 0 Å². The molecule has 15 heavy (non-hydrogen) atoms. The molecular formula is C10H17N3OS. The van der Waals surface area contributed by atoms with E-state index in [9.17, 15) is 0 Å². The van der Waals surface area contributed by atoms with E-state index >= 15 is 0 Å². The second kappa shape index (κ2) is 4.55. The van der Waals surface area contributed by atoms with Gasteiger partial charge in [0.05, 0.1) is 6.04 Å². The highest BCUT2D eigenvalue weighted by molar-refractivity contribution is 7.11. The highest BCUT2D eigenvalue weighted by atomic mass is 32.1. The van der Waals surface area contributed by atoms with Crippen LogP contribution in [-0.2, 0) is 4.74 Å². The second-order valence-electron chi connectivity index (χ2n) is 4.05. The summed E-state index contributed by atoms with van der Waals surface area (Å²) < 4.78 is 5.65. The van der Waals surface area contributed by atoms with E-state index in [0.29, 0.717) is 5.92 Å². The molecule has 0 spiro atoms. The molecule has 0 aromatic carbocycles. The maximum atomic E-state index is 5.91. The van der Waals surface area contributed by atoms with Crippen LogP contribution in [-0.4, -0.2) is 16.8 Å². The fourth-order valence-corrected chi connectivity index (χ4v) is 2.81. The van der Waals surface area contributed by atoms with Crippen molar-refractivity contribution in [3.05, 3.63) is 10.0 Å². The minimum absolute atomic E-state index is 0.0213. The molecule has 4 nitrogen and oxygen atoms in total. The van der Waals surface area contributed by atoms with Gasteiger partial charge in [-0.15, -0.1) is 10.2 Å².